The molecular weight excluding hydrogens is 144 g/mol. The lowest BCUT2D eigenvalue weighted by Crippen LogP contribution is -2.14. The van der Waals surface area contributed by atoms with Crippen LogP contribution in [-0.2, 0) is 0 Å². The third-order valence-electron chi connectivity index (χ3n) is 3.60. The third-order valence-corrected chi connectivity index (χ3v) is 3.60. The molecule has 0 heteroatoms. The summed E-state index contributed by atoms with van der Waals surface area (Å²) in [5.74, 6) is 3.50. The monoisotopic (exact) mass is 158 g/mol. The molecular formula is C12H14. The minimum absolute atomic E-state index is 0.755. The van der Waals surface area contributed by atoms with Crippen molar-refractivity contribution in [3.63, 3.8) is 0 Å². The number of rotatable bonds is 1. The Morgan fingerprint density at radius 3 is 2.25 bits per heavy atom. The summed E-state index contributed by atoms with van der Waals surface area (Å²) in [6.45, 7) is 0. The van der Waals surface area contributed by atoms with Crippen LogP contribution in [-0.4, -0.2) is 0 Å². The van der Waals surface area contributed by atoms with Crippen molar-refractivity contribution in [3.8, 4) is 0 Å². The average molecular weight is 158 g/mol. The molecule has 0 saturated heterocycles. The van der Waals surface area contributed by atoms with Gasteiger partial charge in [-0.25, -0.2) is 0 Å². The lowest BCUT2D eigenvalue weighted by atomic mass is 9.83. The fraction of sp³-hybridized carbons (Fsp3) is 0.500. The smallest absolute Gasteiger partial charge is 0.00131 e. The first-order valence-corrected chi connectivity index (χ1v) is 4.97. The van der Waals surface area contributed by atoms with Crippen LogP contribution in [0, 0.1) is 23.7 Å². The average Bonchev–Trinajstić information content (AvgIpc) is 2.81. The molecule has 0 spiro atoms. The van der Waals surface area contributed by atoms with Crippen LogP contribution < -0.4 is 0 Å². The van der Waals surface area contributed by atoms with Gasteiger partial charge in [-0.2, -0.15) is 0 Å². The summed E-state index contributed by atoms with van der Waals surface area (Å²) >= 11 is 0. The molecule has 0 aromatic rings. The van der Waals surface area contributed by atoms with Gasteiger partial charge in [0.05, 0.1) is 0 Å². The molecule has 0 aliphatic heterocycles. The predicted molar refractivity (Wildman–Crippen MR) is 50.6 cm³/mol. The SMILES string of the molecule is C1=CC(C2CC3C=CC2C3)C=C1. The van der Waals surface area contributed by atoms with E-state index >= 15 is 0 Å². The Hall–Kier alpha value is -0.780. The lowest BCUT2D eigenvalue weighted by molar-refractivity contribution is 0.390. The Labute approximate surface area is 73.7 Å². The van der Waals surface area contributed by atoms with Crippen LogP contribution in [0.4, 0.5) is 0 Å². The number of fused-ring (bicyclic) bond motifs is 2. The van der Waals surface area contributed by atoms with Crippen LogP contribution in [0.15, 0.2) is 36.5 Å². The van der Waals surface area contributed by atoms with Crippen LogP contribution >= 0.6 is 0 Å². The highest BCUT2D eigenvalue weighted by molar-refractivity contribution is 5.22. The van der Waals surface area contributed by atoms with E-state index in [1.807, 2.05) is 0 Å². The van der Waals surface area contributed by atoms with Gasteiger partial charge in [0.2, 0.25) is 0 Å². The molecule has 3 aliphatic rings. The van der Waals surface area contributed by atoms with E-state index in [1.165, 1.54) is 12.8 Å². The van der Waals surface area contributed by atoms with Crippen LogP contribution in [0.25, 0.3) is 0 Å². The van der Waals surface area contributed by atoms with Crippen molar-refractivity contribution in [1.82, 2.24) is 0 Å². The Balaban J connectivity index is 1.83. The molecule has 3 aliphatic carbocycles. The van der Waals surface area contributed by atoms with E-state index in [0.717, 1.165) is 23.7 Å². The normalized spacial score (nSPS) is 43.5. The van der Waals surface area contributed by atoms with Crippen LogP contribution in [0.1, 0.15) is 12.8 Å². The van der Waals surface area contributed by atoms with Crippen molar-refractivity contribution in [2.45, 2.75) is 12.8 Å². The van der Waals surface area contributed by atoms with Gasteiger partial charge in [-0.15, -0.1) is 0 Å². The Morgan fingerprint density at radius 1 is 0.833 bits per heavy atom. The molecule has 0 amide bonds. The second-order valence-corrected chi connectivity index (χ2v) is 4.29. The van der Waals surface area contributed by atoms with Crippen LogP contribution in [0.5, 0.6) is 0 Å². The fourth-order valence-electron chi connectivity index (χ4n) is 3.00. The molecule has 3 unspecified atom stereocenters. The van der Waals surface area contributed by atoms with Gasteiger partial charge in [-0.3, -0.25) is 0 Å². The number of allylic oxidation sites excluding steroid dienone is 6. The van der Waals surface area contributed by atoms with Crippen LogP contribution in [0.3, 0.4) is 0 Å². The second-order valence-electron chi connectivity index (χ2n) is 4.29. The number of hydrogen-bond acceptors (Lipinski definition) is 0. The number of hydrogen-bond donors (Lipinski definition) is 0. The first-order chi connectivity index (χ1) is 5.93. The molecule has 2 bridgehead atoms. The van der Waals surface area contributed by atoms with E-state index in [2.05, 4.69) is 36.5 Å². The molecule has 0 N–H and O–H groups in total. The van der Waals surface area contributed by atoms with E-state index in [1.54, 1.807) is 0 Å². The van der Waals surface area contributed by atoms with E-state index in [-0.39, 0.29) is 0 Å². The largest absolute Gasteiger partial charge is 0.0851 e. The minimum atomic E-state index is 0.755. The van der Waals surface area contributed by atoms with Crippen LogP contribution in [0.2, 0.25) is 0 Å². The van der Waals surface area contributed by atoms with Gasteiger partial charge in [0.25, 0.3) is 0 Å². The summed E-state index contributed by atoms with van der Waals surface area (Å²) in [5, 5.41) is 0. The van der Waals surface area contributed by atoms with Gasteiger partial charge in [0.1, 0.15) is 0 Å². The minimum Gasteiger partial charge on any atom is -0.0851 e. The zero-order valence-electron chi connectivity index (χ0n) is 7.19. The Morgan fingerprint density at radius 2 is 1.67 bits per heavy atom. The zero-order chi connectivity index (χ0) is 7.97. The standard InChI is InChI=1S/C12H14/c1-2-4-10(3-1)12-8-9-5-6-11(12)7-9/h1-6,9-12H,7-8H2. The lowest BCUT2D eigenvalue weighted by Gasteiger charge is -2.21. The maximum Gasteiger partial charge on any atom is -0.00131 e. The molecule has 0 radical (unpaired) electrons. The fourth-order valence-corrected chi connectivity index (χ4v) is 3.00. The summed E-state index contributed by atoms with van der Waals surface area (Å²) in [7, 11) is 0. The zero-order valence-corrected chi connectivity index (χ0v) is 7.19. The predicted octanol–water partition coefficient (Wildman–Crippen LogP) is 2.94. The second kappa shape index (κ2) is 2.35. The summed E-state index contributed by atoms with van der Waals surface area (Å²) in [5.41, 5.74) is 0. The molecule has 0 aromatic carbocycles. The molecule has 62 valence electrons. The van der Waals surface area contributed by atoms with Crippen molar-refractivity contribution in [1.29, 1.82) is 0 Å². The van der Waals surface area contributed by atoms with Crippen molar-refractivity contribution < 1.29 is 0 Å². The molecule has 0 aromatic heterocycles. The molecule has 3 atom stereocenters. The molecule has 0 nitrogen and oxygen atoms in total. The first-order valence-electron chi connectivity index (χ1n) is 4.97. The maximum atomic E-state index is 2.44. The van der Waals surface area contributed by atoms with Crippen molar-refractivity contribution in [2.24, 2.45) is 23.7 Å². The first kappa shape index (κ1) is 6.71. The van der Waals surface area contributed by atoms with E-state index < -0.39 is 0 Å². The van der Waals surface area contributed by atoms with Gasteiger partial charge < -0.3 is 0 Å². The van der Waals surface area contributed by atoms with Crippen molar-refractivity contribution >= 4 is 0 Å². The molecule has 3 rings (SSSR count). The Bertz CT molecular complexity index is 258. The van der Waals surface area contributed by atoms with E-state index in [0.29, 0.717) is 0 Å². The van der Waals surface area contributed by atoms with Crippen molar-refractivity contribution in [3.05, 3.63) is 36.5 Å². The van der Waals surface area contributed by atoms with Gasteiger partial charge in [0, 0.05) is 0 Å². The molecule has 12 heavy (non-hydrogen) atoms. The topological polar surface area (TPSA) is 0 Å². The van der Waals surface area contributed by atoms with E-state index in [9.17, 15) is 0 Å². The van der Waals surface area contributed by atoms with Gasteiger partial charge in [0.15, 0.2) is 0 Å². The summed E-state index contributed by atoms with van der Waals surface area (Å²) in [6.07, 6.45) is 16.8. The van der Waals surface area contributed by atoms with Gasteiger partial charge >= 0.3 is 0 Å². The summed E-state index contributed by atoms with van der Waals surface area (Å²) in [6, 6.07) is 0. The third kappa shape index (κ3) is 0.841. The molecule has 1 saturated carbocycles. The highest BCUT2D eigenvalue weighted by atomic mass is 14.4. The van der Waals surface area contributed by atoms with Gasteiger partial charge in [-0.05, 0) is 36.5 Å². The quantitative estimate of drug-likeness (QED) is 0.515. The summed E-state index contributed by atoms with van der Waals surface area (Å²) in [4.78, 5) is 0. The Kier molecular flexibility index (Phi) is 1.31. The highest BCUT2D eigenvalue weighted by Gasteiger charge is 2.38. The maximum absolute atomic E-state index is 2.44. The molecule has 1 fully saturated rings. The molecule has 0 heterocycles. The van der Waals surface area contributed by atoms with E-state index in [4.69, 9.17) is 0 Å². The highest BCUT2D eigenvalue weighted by Crippen LogP contribution is 2.47. The summed E-state index contributed by atoms with van der Waals surface area (Å²) < 4.78 is 0. The van der Waals surface area contributed by atoms with Gasteiger partial charge in [-0.1, -0.05) is 36.5 Å². The van der Waals surface area contributed by atoms with Crippen molar-refractivity contribution in [2.75, 3.05) is 0 Å².